The Hall–Kier alpha value is -3.28. The fraction of sp³-hybridized carbons (Fsp3) is 0.667. The first-order valence-electron chi connectivity index (χ1n) is 16.5. The molecule has 0 radical (unpaired) electrons. The Kier molecular flexibility index (Phi) is 22.3. The summed E-state index contributed by atoms with van der Waals surface area (Å²) in [5, 5.41) is 56.3. The Morgan fingerprint density at radius 3 is 1.47 bits per heavy atom. The number of ether oxygens (including phenoxy) is 1. The van der Waals surface area contributed by atoms with Gasteiger partial charge in [0.2, 0.25) is 0 Å². The molecule has 0 aromatic rings. The van der Waals surface area contributed by atoms with Crippen molar-refractivity contribution >= 4 is 23.9 Å². The van der Waals surface area contributed by atoms with Gasteiger partial charge in [-0.15, -0.1) is 0 Å². The first-order chi connectivity index (χ1) is 22.0. The van der Waals surface area contributed by atoms with Gasteiger partial charge in [0.25, 0.3) is 0 Å². The number of aliphatic hydroxyl groups excluding tert-OH is 3. The van der Waals surface area contributed by atoms with Gasteiger partial charge in [0.15, 0.2) is 0 Å². The van der Waals surface area contributed by atoms with Gasteiger partial charge in [0, 0.05) is 12.2 Å². The first-order valence-corrected chi connectivity index (χ1v) is 16.5. The number of allylic oxidation sites excluding steroid dienone is 6. The summed E-state index contributed by atoms with van der Waals surface area (Å²) in [6, 6.07) is 0. The number of hydrogen-bond donors (Lipinski definition) is 6. The van der Waals surface area contributed by atoms with Crippen molar-refractivity contribution in [2.45, 2.75) is 118 Å². The van der Waals surface area contributed by atoms with Crippen molar-refractivity contribution in [2.24, 2.45) is 23.7 Å². The SMILES string of the molecule is CC(=C\C(=O)O)/C=C(\C)C[C@H](C)CCCC[C@H](OC(=O)/C=C(C)/C=C(\C)C[C@H](C)CCCC[C@H](O)[C@@H](CO)C(=O)O)[C@@H](CO)C(=O)O. The largest absolute Gasteiger partial charge is 0.481 e. The summed E-state index contributed by atoms with van der Waals surface area (Å²) in [6.07, 6.45) is 10.8. The molecular weight excluding hydrogens is 608 g/mol. The van der Waals surface area contributed by atoms with E-state index in [-0.39, 0.29) is 0 Å². The summed E-state index contributed by atoms with van der Waals surface area (Å²) in [4.78, 5) is 46.4. The van der Waals surface area contributed by atoms with E-state index in [4.69, 9.17) is 20.1 Å². The lowest BCUT2D eigenvalue weighted by Crippen LogP contribution is -2.35. The molecule has 0 amide bonds. The summed E-state index contributed by atoms with van der Waals surface area (Å²) < 4.78 is 5.55. The molecule has 0 rings (SSSR count). The van der Waals surface area contributed by atoms with E-state index in [1.165, 1.54) is 6.08 Å². The molecule has 0 saturated heterocycles. The van der Waals surface area contributed by atoms with E-state index < -0.39 is 61.1 Å². The van der Waals surface area contributed by atoms with Gasteiger partial charge in [-0.2, -0.15) is 0 Å². The van der Waals surface area contributed by atoms with Crippen LogP contribution in [0.1, 0.15) is 106 Å². The minimum atomic E-state index is -1.24. The third-order valence-corrected chi connectivity index (χ3v) is 8.08. The Morgan fingerprint density at radius 2 is 1.04 bits per heavy atom. The minimum Gasteiger partial charge on any atom is -0.481 e. The Bertz CT molecular complexity index is 1120. The Morgan fingerprint density at radius 1 is 0.617 bits per heavy atom. The van der Waals surface area contributed by atoms with Crippen molar-refractivity contribution in [1.29, 1.82) is 0 Å². The maximum Gasteiger partial charge on any atom is 0.331 e. The van der Waals surface area contributed by atoms with Crippen LogP contribution in [0.2, 0.25) is 0 Å². The number of carbonyl (C=O) groups is 4. The molecule has 0 aliphatic carbocycles. The van der Waals surface area contributed by atoms with Crippen LogP contribution in [-0.2, 0) is 23.9 Å². The highest BCUT2D eigenvalue weighted by molar-refractivity contribution is 5.84. The van der Waals surface area contributed by atoms with Gasteiger partial charge in [0.05, 0.1) is 19.3 Å². The second-order valence-electron chi connectivity index (χ2n) is 13.1. The van der Waals surface area contributed by atoms with Crippen LogP contribution in [-0.4, -0.2) is 79.9 Å². The smallest absolute Gasteiger partial charge is 0.331 e. The molecule has 11 heteroatoms. The monoisotopic (exact) mass is 666 g/mol. The van der Waals surface area contributed by atoms with E-state index in [2.05, 4.69) is 13.8 Å². The van der Waals surface area contributed by atoms with Crippen LogP contribution < -0.4 is 0 Å². The Labute approximate surface area is 279 Å². The molecule has 0 aliphatic rings. The molecule has 0 fully saturated rings. The fourth-order valence-corrected chi connectivity index (χ4v) is 5.79. The molecule has 0 heterocycles. The summed E-state index contributed by atoms with van der Waals surface area (Å²) in [5.41, 5.74) is 3.41. The topological polar surface area (TPSA) is 199 Å². The zero-order chi connectivity index (χ0) is 36.1. The number of aliphatic hydroxyl groups is 3. The van der Waals surface area contributed by atoms with Crippen molar-refractivity contribution in [2.75, 3.05) is 13.2 Å². The highest BCUT2D eigenvalue weighted by Crippen LogP contribution is 2.23. The maximum atomic E-state index is 12.7. The van der Waals surface area contributed by atoms with Crippen LogP contribution in [0, 0.1) is 23.7 Å². The number of hydrogen-bond acceptors (Lipinski definition) is 8. The molecule has 0 aromatic heterocycles. The molecular formula is C36H58O11. The number of esters is 1. The van der Waals surface area contributed by atoms with Crippen molar-refractivity contribution in [3.8, 4) is 0 Å². The van der Waals surface area contributed by atoms with Crippen LogP contribution in [0.15, 0.2) is 46.6 Å². The van der Waals surface area contributed by atoms with Gasteiger partial charge >= 0.3 is 23.9 Å². The van der Waals surface area contributed by atoms with Gasteiger partial charge < -0.3 is 35.4 Å². The van der Waals surface area contributed by atoms with Gasteiger partial charge in [-0.1, -0.05) is 69.2 Å². The van der Waals surface area contributed by atoms with Crippen LogP contribution in [0.3, 0.4) is 0 Å². The second-order valence-corrected chi connectivity index (χ2v) is 13.1. The maximum absolute atomic E-state index is 12.7. The van der Waals surface area contributed by atoms with E-state index >= 15 is 0 Å². The van der Waals surface area contributed by atoms with E-state index in [0.29, 0.717) is 48.7 Å². The molecule has 6 atom stereocenters. The van der Waals surface area contributed by atoms with Gasteiger partial charge in [-0.25, -0.2) is 9.59 Å². The average Bonchev–Trinajstić information content (AvgIpc) is 2.92. The van der Waals surface area contributed by atoms with Crippen LogP contribution >= 0.6 is 0 Å². The number of unbranched alkanes of at least 4 members (excludes halogenated alkanes) is 2. The molecule has 11 nitrogen and oxygen atoms in total. The predicted molar refractivity (Wildman–Crippen MR) is 179 cm³/mol. The molecule has 0 spiro atoms. The zero-order valence-corrected chi connectivity index (χ0v) is 29.0. The number of aliphatic carboxylic acids is 3. The molecule has 0 aromatic carbocycles. The number of carboxylic acids is 3. The van der Waals surface area contributed by atoms with Crippen molar-refractivity contribution in [1.82, 2.24) is 0 Å². The summed E-state index contributed by atoms with van der Waals surface area (Å²) >= 11 is 0. The highest BCUT2D eigenvalue weighted by Gasteiger charge is 2.30. The van der Waals surface area contributed by atoms with Crippen LogP contribution in [0.25, 0.3) is 0 Å². The van der Waals surface area contributed by atoms with Gasteiger partial charge in [-0.05, 0) is 82.8 Å². The standard InChI is InChI=1S/C36H58O11/c1-23(11-7-9-13-31(39)29(21-37)35(43)44)16-26(4)18-28(6)20-34(42)47-32(30(22-38)36(45)46)14-10-8-12-24(2)15-25(3)17-27(5)19-33(40)41/h17-20,23-24,29-32,37-39H,7-16,21-22H2,1-6H3,(H,40,41)(H,43,44)(H,45,46)/b25-17+,26-18+,27-19+,28-20+/t23-,24-,29-,30-,31+,32+/m1/s1. The minimum absolute atomic E-state index is 0.290. The average molecular weight is 667 g/mol. The normalized spacial score (nSPS) is 17.0. The number of carboxylic acid groups (broad SMARTS) is 3. The molecule has 47 heavy (non-hydrogen) atoms. The second kappa shape index (κ2) is 23.9. The Balaban J connectivity index is 5.00. The predicted octanol–water partition coefficient (Wildman–Crippen LogP) is 5.69. The molecule has 0 bridgehead atoms. The molecule has 0 saturated carbocycles. The lowest BCUT2D eigenvalue weighted by molar-refractivity contribution is -0.157. The third kappa shape index (κ3) is 20.5. The van der Waals surface area contributed by atoms with E-state index in [0.717, 1.165) is 55.7 Å². The summed E-state index contributed by atoms with van der Waals surface area (Å²) in [5.74, 6) is -5.90. The van der Waals surface area contributed by atoms with Gasteiger partial charge in [-0.3, -0.25) is 9.59 Å². The lowest BCUT2D eigenvalue weighted by atomic mass is 9.93. The van der Waals surface area contributed by atoms with E-state index in [1.807, 2.05) is 26.0 Å². The zero-order valence-electron chi connectivity index (χ0n) is 29.0. The van der Waals surface area contributed by atoms with E-state index in [9.17, 15) is 34.5 Å². The third-order valence-electron chi connectivity index (χ3n) is 8.08. The van der Waals surface area contributed by atoms with Crippen LogP contribution in [0.5, 0.6) is 0 Å². The van der Waals surface area contributed by atoms with Crippen LogP contribution in [0.4, 0.5) is 0 Å². The summed E-state index contributed by atoms with van der Waals surface area (Å²) in [7, 11) is 0. The molecule has 0 unspecified atom stereocenters. The van der Waals surface area contributed by atoms with Crippen molar-refractivity contribution in [3.63, 3.8) is 0 Å². The first kappa shape index (κ1) is 43.7. The molecule has 6 N–H and O–H groups in total. The van der Waals surface area contributed by atoms with Gasteiger partial charge in [0.1, 0.15) is 17.9 Å². The summed E-state index contributed by atoms with van der Waals surface area (Å²) in [6.45, 7) is 10.3. The highest BCUT2D eigenvalue weighted by atomic mass is 16.5. The number of carbonyl (C=O) groups excluding carboxylic acids is 1. The van der Waals surface area contributed by atoms with Crippen molar-refractivity contribution in [3.05, 3.63) is 46.6 Å². The lowest BCUT2D eigenvalue weighted by Gasteiger charge is -2.22. The molecule has 268 valence electrons. The number of rotatable bonds is 25. The van der Waals surface area contributed by atoms with Crippen molar-refractivity contribution < 1.29 is 54.6 Å². The fourth-order valence-electron chi connectivity index (χ4n) is 5.79. The quantitative estimate of drug-likeness (QED) is 0.0303. The molecule has 0 aliphatic heterocycles. The van der Waals surface area contributed by atoms with E-state index in [1.54, 1.807) is 13.8 Å².